The molecule has 0 atom stereocenters. The van der Waals surface area contributed by atoms with Gasteiger partial charge in [-0.05, 0) is 30.9 Å². The highest BCUT2D eigenvalue weighted by Crippen LogP contribution is 2.25. The van der Waals surface area contributed by atoms with E-state index in [-0.39, 0.29) is 11.9 Å². The fraction of sp³-hybridized carbons (Fsp3) is 0.625. The van der Waals surface area contributed by atoms with Crippen LogP contribution >= 0.6 is 0 Å². The van der Waals surface area contributed by atoms with Crippen LogP contribution in [0.2, 0.25) is 0 Å². The molecular formula is C16H25N3O3. The predicted molar refractivity (Wildman–Crippen MR) is 83.1 cm³/mol. The van der Waals surface area contributed by atoms with Crippen molar-refractivity contribution < 1.29 is 14.0 Å². The minimum Gasteiger partial charge on any atom is -0.467 e. The molecule has 0 bridgehead atoms. The molecule has 122 valence electrons. The summed E-state index contributed by atoms with van der Waals surface area (Å²) in [4.78, 5) is 23.3. The van der Waals surface area contributed by atoms with Gasteiger partial charge in [0.2, 0.25) is 5.91 Å². The molecule has 0 aromatic carbocycles. The first-order valence-electron chi connectivity index (χ1n) is 8.05. The second-order valence-corrected chi connectivity index (χ2v) is 5.75. The maximum Gasteiger partial charge on any atom is 0.315 e. The zero-order valence-electron chi connectivity index (χ0n) is 12.9. The van der Waals surface area contributed by atoms with E-state index in [1.807, 2.05) is 0 Å². The predicted octanol–water partition coefficient (Wildman–Crippen LogP) is 2.17. The molecule has 3 N–H and O–H groups in total. The second-order valence-electron chi connectivity index (χ2n) is 5.75. The van der Waals surface area contributed by atoms with Crippen molar-refractivity contribution in [3.63, 3.8) is 0 Å². The molecule has 0 radical (unpaired) electrons. The standard InChI is InChI=1S/C16H25N3O3/c20-15(11-13-5-2-1-3-6-13)17-8-9-18-16(21)19-12-14-7-4-10-22-14/h4,7,10,13H,1-3,5-6,8-9,11-12H2,(H,17,20)(H2,18,19,21). The van der Waals surface area contributed by atoms with Crippen molar-refractivity contribution >= 4 is 11.9 Å². The molecule has 22 heavy (non-hydrogen) atoms. The van der Waals surface area contributed by atoms with Crippen LogP contribution in [-0.2, 0) is 11.3 Å². The van der Waals surface area contributed by atoms with Crippen molar-refractivity contribution in [2.24, 2.45) is 5.92 Å². The van der Waals surface area contributed by atoms with Crippen molar-refractivity contribution in [3.05, 3.63) is 24.2 Å². The third kappa shape index (κ3) is 6.20. The Morgan fingerprint density at radius 2 is 1.86 bits per heavy atom. The van der Waals surface area contributed by atoms with Gasteiger partial charge in [0, 0.05) is 19.5 Å². The zero-order chi connectivity index (χ0) is 15.6. The van der Waals surface area contributed by atoms with Gasteiger partial charge in [-0.15, -0.1) is 0 Å². The normalized spacial score (nSPS) is 15.3. The molecule has 0 saturated heterocycles. The van der Waals surface area contributed by atoms with E-state index in [4.69, 9.17) is 4.42 Å². The molecule has 6 heteroatoms. The lowest BCUT2D eigenvalue weighted by Gasteiger charge is -2.20. The molecule has 0 unspecified atom stereocenters. The molecule has 2 rings (SSSR count). The maximum absolute atomic E-state index is 11.8. The fourth-order valence-corrected chi connectivity index (χ4v) is 2.75. The van der Waals surface area contributed by atoms with Crippen LogP contribution < -0.4 is 16.0 Å². The van der Waals surface area contributed by atoms with Crippen LogP contribution in [0.15, 0.2) is 22.8 Å². The van der Waals surface area contributed by atoms with Crippen LogP contribution in [0.5, 0.6) is 0 Å². The number of hydrogen-bond donors (Lipinski definition) is 3. The molecule has 0 spiro atoms. The first kappa shape index (κ1) is 16.4. The fourth-order valence-electron chi connectivity index (χ4n) is 2.75. The van der Waals surface area contributed by atoms with Crippen LogP contribution in [-0.4, -0.2) is 25.0 Å². The van der Waals surface area contributed by atoms with Gasteiger partial charge in [-0.2, -0.15) is 0 Å². The van der Waals surface area contributed by atoms with Gasteiger partial charge in [0.1, 0.15) is 5.76 Å². The Morgan fingerprint density at radius 1 is 1.09 bits per heavy atom. The van der Waals surface area contributed by atoms with Crippen LogP contribution in [0.1, 0.15) is 44.3 Å². The van der Waals surface area contributed by atoms with Gasteiger partial charge in [-0.1, -0.05) is 19.3 Å². The Kier molecular flexibility index (Phi) is 6.80. The number of carbonyl (C=O) groups excluding carboxylic acids is 2. The minimum absolute atomic E-state index is 0.0877. The quantitative estimate of drug-likeness (QED) is 0.675. The summed E-state index contributed by atoms with van der Waals surface area (Å²) in [6, 6.07) is 3.31. The van der Waals surface area contributed by atoms with Crippen molar-refractivity contribution in [3.8, 4) is 0 Å². The molecule has 1 aliphatic carbocycles. The average molecular weight is 307 g/mol. The SMILES string of the molecule is O=C(CC1CCCCC1)NCCNC(=O)NCc1ccco1. The van der Waals surface area contributed by atoms with Crippen molar-refractivity contribution in [1.82, 2.24) is 16.0 Å². The molecule has 0 aliphatic heterocycles. The first-order valence-corrected chi connectivity index (χ1v) is 8.05. The molecule has 6 nitrogen and oxygen atoms in total. The van der Waals surface area contributed by atoms with Crippen LogP contribution in [0.25, 0.3) is 0 Å². The van der Waals surface area contributed by atoms with E-state index in [0.717, 1.165) is 0 Å². The molecule has 3 amide bonds. The van der Waals surface area contributed by atoms with Gasteiger partial charge in [0.25, 0.3) is 0 Å². The Hall–Kier alpha value is -1.98. The van der Waals surface area contributed by atoms with Gasteiger partial charge in [-0.25, -0.2) is 4.79 Å². The summed E-state index contributed by atoms with van der Waals surface area (Å²) in [5, 5.41) is 8.24. The lowest BCUT2D eigenvalue weighted by atomic mass is 9.87. The van der Waals surface area contributed by atoms with E-state index >= 15 is 0 Å². The van der Waals surface area contributed by atoms with Gasteiger partial charge < -0.3 is 20.4 Å². The first-order chi connectivity index (χ1) is 10.7. The number of amides is 3. The maximum atomic E-state index is 11.8. The number of urea groups is 1. The van der Waals surface area contributed by atoms with Gasteiger partial charge >= 0.3 is 6.03 Å². The summed E-state index contributed by atoms with van der Waals surface area (Å²) < 4.78 is 5.11. The Bertz CT molecular complexity index is 453. The topological polar surface area (TPSA) is 83.4 Å². The Labute approximate surface area is 131 Å². The molecule has 1 aromatic heterocycles. The van der Waals surface area contributed by atoms with Crippen LogP contribution in [0.3, 0.4) is 0 Å². The van der Waals surface area contributed by atoms with E-state index in [9.17, 15) is 9.59 Å². The highest BCUT2D eigenvalue weighted by Gasteiger charge is 2.16. The Morgan fingerprint density at radius 3 is 2.59 bits per heavy atom. The second kappa shape index (κ2) is 9.12. The molecular weight excluding hydrogens is 282 g/mol. The number of rotatable bonds is 7. The van der Waals surface area contributed by atoms with E-state index in [2.05, 4.69) is 16.0 Å². The smallest absolute Gasteiger partial charge is 0.315 e. The molecule has 1 saturated carbocycles. The van der Waals surface area contributed by atoms with E-state index in [1.165, 1.54) is 32.1 Å². The summed E-state index contributed by atoms with van der Waals surface area (Å²) in [5.41, 5.74) is 0. The monoisotopic (exact) mass is 307 g/mol. The summed E-state index contributed by atoms with van der Waals surface area (Å²) >= 11 is 0. The summed E-state index contributed by atoms with van der Waals surface area (Å²) in [5.74, 6) is 1.33. The van der Waals surface area contributed by atoms with E-state index in [0.29, 0.717) is 37.7 Å². The van der Waals surface area contributed by atoms with Crippen molar-refractivity contribution in [2.45, 2.75) is 45.1 Å². The lowest BCUT2D eigenvalue weighted by molar-refractivity contribution is -0.122. The van der Waals surface area contributed by atoms with Crippen LogP contribution in [0, 0.1) is 5.92 Å². The van der Waals surface area contributed by atoms with Crippen LogP contribution in [0.4, 0.5) is 4.79 Å². The highest BCUT2D eigenvalue weighted by molar-refractivity contribution is 5.76. The largest absolute Gasteiger partial charge is 0.467 e. The summed E-state index contributed by atoms with van der Waals surface area (Å²) in [7, 11) is 0. The molecule has 1 heterocycles. The van der Waals surface area contributed by atoms with Gasteiger partial charge in [0.05, 0.1) is 12.8 Å². The molecule has 1 aromatic rings. The summed E-state index contributed by atoms with van der Waals surface area (Å²) in [6.07, 6.45) is 8.31. The third-order valence-electron chi connectivity index (χ3n) is 3.93. The molecule has 1 fully saturated rings. The Balaban J connectivity index is 1.49. The average Bonchev–Trinajstić information content (AvgIpc) is 3.04. The number of furan rings is 1. The summed E-state index contributed by atoms with van der Waals surface area (Å²) in [6.45, 7) is 1.23. The van der Waals surface area contributed by atoms with E-state index < -0.39 is 0 Å². The molecule has 1 aliphatic rings. The number of carbonyl (C=O) groups is 2. The van der Waals surface area contributed by atoms with Gasteiger partial charge in [0.15, 0.2) is 0 Å². The third-order valence-corrected chi connectivity index (χ3v) is 3.93. The zero-order valence-corrected chi connectivity index (χ0v) is 12.9. The highest BCUT2D eigenvalue weighted by atomic mass is 16.3. The van der Waals surface area contributed by atoms with Crippen molar-refractivity contribution in [1.29, 1.82) is 0 Å². The number of nitrogens with one attached hydrogen (secondary N) is 3. The van der Waals surface area contributed by atoms with E-state index in [1.54, 1.807) is 18.4 Å². The lowest BCUT2D eigenvalue weighted by Crippen LogP contribution is -2.40. The minimum atomic E-state index is -0.266. The van der Waals surface area contributed by atoms with Crippen molar-refractivity contribution in [2.75, 3.05) is 13.1 Å². The number of hydrogen-bond acceptors (Lipinski definition) is 3. The van der Waals surface area contributed by atoms with Gasteiger partial charge in [-0.3, -0.25) is 4.79 Å².